The van der Waals surface area contributed by atoms with Gasteiger partial charge in [-0.25, -0.2) is 4.79 Å². The first-order chi connectivity index (χ1) is 10.8. The van der Waals surface area contributed by atoms with Crippen molar-refractivity contribution in [1.82, 2.24) is 10.2 Å². The number of ether oxygens (including phenoxy) is 2. The Balaban J connectivity index is 1.81. The summed E-state index contributed by atoms with van der Waals surface area (Å²) in [6.45, 7) is 10.3. The third-order valence-corrected chi connectivity index (χ3v) is 5.02. The number of nitrogens with zero attached hydrogens (tertiary/aromatic N) is 1. The SMILES string of the molecule is CO[C@H]1CN(C(=O)OC(C)(C)C)CC1NCC1CCC(C)CC1. The molecule has 1 N–H and O–H groups in total. The largest absolute Gasteiger partial charge is 0.444 e. The van der Waals surface area contributed by atoms with E-state index in [0.29, 0.717) is 13.1 Å². The normalized spacial score (nSPS) is 32.1. The third-order valence-electron chi connectivity index (χ3n) is 5.02. The van der Waals surface area contributed by atoms with Crippen LogP contribution in [0.4, 0.5) is 4.79 Å². The molecule has 0 bridgehead atoms. The van der Waals surface area contributed by atoms with E-state index >= 15 is 0 Å². The van der Waals surface area contributed by atoms with Gasteiger partial charge >= 0.3 is 6.09 Å². The van der Waals surface area contributed by atoms with Crippen LogP contribution in [-0.2, 0) is 9.47 Å². The van der Waals surface area contributed by atoms with E-state index in [1.54, 1.807) is 12.0 Å². The van der Waals surface area contributed by atoms with Crippen molar-refractivity contribution >= 4 is 6.09 Å². The Labute approximate surface area is 141 Å². The van der Waals surface area contributed by atoms with E-state index in [2.05, 4.69) is 12.2 Å². The molecule has 1 heterocycles. The Bertz CT molecular complexity index is 386. The number of hydrogen-bond acceptors (Lipinski definition) is 4. The first kappa shape index (κ1) is 18.5. The van der Waals surface area contributed by atoms with E-state index in [1.807, 2.05) is 20.8 Å². The molecule has 1 amide bonds. The fourth-order valence-electron chi connectivity index (χ4n) is 3.54. The first-order valence-electron chi connectivity index (χ1n) is 9.02. The highest BCUT2D eigenvalue weighted by Gasteiger charge is 2.37. The van der Waals surface area contributed by atoms with Crippen LogP contribution in [-0.4, -0.2) is 55.5 Å². The second-order valence-corrected chi connectivity index (χ2v) is 8.30. The minimum Gasteiger partial charge on any atom is -0.444 e. The molecule has 0 aromatic rings. The number of likely N-dealkylation sites (tertiary alicyclic amines) is 1. The lowest BCUT2D eigenvalue weighted by Gasteiger charge is -2.28. The maximum absolute atomic E-state index is 12.2. The number of rotatable bonds is 4. The van der Waals surface area contributed by atoms with E-state index in [9.17, 15) is 4.79 Å². The van der Waals surface area contributed by atoms with Crippen LogP contribution >= 0.6 is 0 Å². The predicted molar refractivity (Wildman–Crippen MR) is 91.5 cm³/mol. The van der Waals surface area contributed by atoms with Crippen molar-refractivity contribution in [3.63, 3.8) is 0 Å². The maximum Gasteiger partial charge on any atom is 0.410 e. The summed E-state index contributed by atoms with van der Waals surface area (Å²) in [7, 11) is 1.72. The van der Waals surface area contributed by atoms with Gasteiger partial charge in [-0.3, -0.25) is 0 Å². The minimum atomic E-state index is -0.454. The van der Waals surface area contributed by atoms with Crippen LogP contribution < -0.4 is 5.32 Å². The molecule has 2 aliphatic rings. The van der Waals surface area contributed by atoms with Crippen molar-refractivity contribution in [2.75, 3.05) is 26.7 Å². The van der Waals surface area contributed by atoms with Gasteiger partial charge in [0.05, 0.1) is 18.7 Å². The number of amides is 1. The first-order valence-corrected chi connectivity index (χ1v) is 9.02. The van der Waals surface area contributed by atoms with Crippen LogP contribution in [0.25, 0.3) is 0 Å². The van der Waals surface area contributed by atoms with E-state index in [4.69, 9.17) is 9.47 Å². The zero-order valence-corrected chi connectivity index (χ0v) is 15.4. The molecule has 0 radical (unpaired) electrons. The van der Waals surface area contributed by atoms with Crippen LogP contribution in [0.15, 0.2) is 0 Å². The molecule has 0 aromatic heterocycles. The molecule has 2 rings (SSSR count). The maximum atomic E-state index is 12.2. The lowest BCUT2D eigenvalue weighted by Crippen LogP contribution is -2.43. The summed E-state index contributed by atoms with van der Waals surface area (Å²) in [6.07, 6.45) is 5.12. The average molecular weight is 326 g/mol. The zero-order valence-electron chi connectivity index (χ0n) is 15.4. The fourth-order valence-corrected chi connectivity index (χ4v) is 3.54. The van der Waals surface area contributed by atoms with Crippen LogP contribution in [0.5, 0.6) is 0 Å². The molecule has 1 saturated heterocycles. The molecule has 1 saturated carbocycles. The Kier molecular flexibility index (Phi) is 6.32. The van der Waals surface area contributed by atoms with E-state index in [0.717, 1.165) is 18.4 Å². The molecule has 2 atom stereocenters. The van der Waals surface area contributed by atoms with Crippen LogP contribution in [0, 0.1) is 11.8 Å². The van der Waals surface area contributed by atoms with Crippen LogP contribution in [0.1, 0.15) is 53.4 Å². The van der Waals surface area contributed by atoms with Crippen molar-refractivity contribution in [2.45, 2.75) is 71.1 Å². The van der Waals surface area contributed by atoms with Gasteiger partial charge in [0.1, 0.15) is 5.60 Å². The summed E-state index contributed by atoms with van der Waals surface area (Å²) in [5, 5.41) is 3.64. The van der Waals surface area contributed by atoms with E-state index in [-0.39, 0.29) is 18.2 Å². The molecule has 0 spiro atoms. The van der Waals surface area contributed by atoms with Gasteiger partial charge in [0.25, 0.3) is 0 Å². The van der Waals surface area contributed by atoms with Crippen molar-refractivity contribution < 1.29 is 14.3 Å². The molecular weight excluding hydrogens is 292 g/mol. The highest BCUT2D eigenvalue weighted by Crippen LogP contribution is 2.28. The Morgan fingerprint density at radius 1 is 1.17 bits per heavy atom. The van der Waals surface area contributed by atoms with Gasteiger partial charge in [0, 0.05) is 13.7 Å². The number of carbonyl (C=O) groups excluding carboxylic acids is 1. The van der Waals surface area contributed by atoms with Gasteiger partial charge < -0.3 is 19.7 Å². The molecule has 5 nitrogen and oxygen atoms in total. The zero-order chi connectivity index (χ0) is 17.0. The second-order valence-electron chi connectivity index (χ2n) is 8.30. The van der Waals surface area contributed by atoms with Crippen molar-refractivity contribution in [2.24, 2.45) is 11.8 Å². The number of nitrogens with one attached hydrogen (secondary N) is 1. The highest BCUT2D eigenvalue weighted by molar-refractivity contribution is 5.68. The Hall–Kier alpha value is -0.810. The molecule has 1 aliphatic carbocycles. The summed E-state index contributed by atoms with van der Waals surface area (Å²) in [6, 6.07) is 0.201. The predicted octanol–water partition coefficient (Wildman–Crippen LogP) is 3.04. The van der Waals surface area contributed by atoms with Gasteiger partial charge in [-0.15, -0.1) is 0 Å². The smallest absolute Gasteiger partial charge is 0.410 e. The lowest BCUT2D eigenvalue weighted by atomic mass is 9.83. The molecule has 23 heavy (non-hydrogen) atoms. The van der Waals surface area contributed by atoms with Crippen molar-refractivity contribution in [3.05, 3.63) is 0 Å². The summed E-state index contributed by atoms with van der Waals surface area (Å²) in [5.74, 6) is 1.64. The number of methoxy groups -OCH3 is 1. The van der Waals surface area contributed by atoms with Gasteiger partial charge in [0.15, 0.2) is 0 Å². The summed E-state index contributed by atoms with van der Waals surface area (Å²) in [5.41, 5.74) is -0.454. The monoisotopic (exact) mass is 326 g/mol. The summed E-state index contributed by atoms with van der Waals surface area (Å²) >= 11 is 0. The average Bonchev–Trinajstić information content (AvgIpc) is 2.88. The quantitative estimate of drug-likeness (QED) is 0.863. The number of carbonyl (C=O) groups is 1. The molecule has 0 aromatic carbocycles. The van der Waals surface area contributed by atoms with Gasteiger partial charge in [-0.1, -0.05) is 19.8 Å². The van der Waals surface area contributed by atoms with Crippen molar-refractivity contribution in [1.29, 1.82) is 0 Å². The standard InChI is InChI=1S/C18H34N2O3/c1-13-6-8-14(9-7-13)10-19-15-11-20(12-16(15)22-5)17(21)23-18(2,3)4/h13-16,19H,6-12H2,1-5H3/t13?,14?,15?,16-/m0/s1. The molecule has 134 valence electrons. The molecule has 2 fully saturated rings. The van der Waals surface area contributed by atoms with E-state index in [1.165, 1.54) is 25.7 Å². The van der Waals surface area contributed by atoms with Crippen LogP contribution in [0.3, 0.4) is 0 Å². The Morgan fingerprint density at radius 2 is 1.83 bits per heavy atom. The third kappa shape index (κ3) is 5.64. The number of hydrogen-bond donors (Lipinski definition) is 1. The fraction of sp³-hybridized carbons (Fsp3) is 0.944. The van der Waals surface area contributed by atoms with Gasteiger partial charge in [-0.05, 0) is 52.0 Å². The second kappa shape index (κ2) is 7.84. The minimum absolute atomic E-state index is 0.0463. The lowest BCUT2D eigenvalue weighted by molar-refractivity contribution is 0.0252. The van der Waals surface area contributed by atoms with Gasteiger partial charge in [-0.2, -0.15) is 0 Å². The van der Waals surface area contributed by atoms with E-state index < -0.39 is 5.60 Å². The molecule has 5 heteroatoms. The topological polar surface area (TPSA) is 50.8 Å². The van der Waals surface area contributed by atoms with Crippen molar-refractivity contribution in [3.8, 4) is 0 Å². The summed E-state index contributed by atoms with van der Waals surface area (Å²) in [4.78, 5) is 14.0. The summed E-state index contributed by atoms with van der Waals surface area (Å²) < 4.78 is 11.1. The highest BCUT2D eigenvalue weighted by atomic mass is 16.6. The molecular formula is C18H34N2O3. The van der Waals surface area contributed by atoms with Gasteiger partial charge in [0.2, 0.25) is 0 Å². The Morgan fingerprint density at radius 3 is 2.39 bits per heavy atom. The molecule has 1 aliphatic heterocycles. The molecule has 1 unspecified atom stereocenters. The van der Waals surface area contributed by atoms with Crippen LogP contribution in [0.2, 0.25) is 0 Å².